The molecule has 2 aromatic rings. The fourth-order valence-electron chi connectivity index (χ4n) is 2.61. The first-order valence-corrected chi connectivity index (χ1v) is 9.02. The summed E-state index contributed by atoms with van der Waals surface area (Å²) in [5, 5.41) is 13.1. The number of likely N-dealkylation sites (tertiary alicyclic amines) is 1. The highest BCUT2D eigenvalue weighted by Crippen LogP contribution is 2.35. The Bertz CT molecular complexity index is 655. The molecule has 0 spiro atoms. The quantitative estimate of drug-likeness (QED) is 0.781. The molecule has 22 heavy (non-hydrogen) atoms. The second-order valence-electron chi connectivity index (χ2n) is 5.13. The third-order valence-electron chi connectivity index (χ3n) is 3.56. The highest BCUT2D eigenvalue weighted by Gasteiger charge is 2.29. The lowest BCUT2D eigenvalue weighted by molar-refractivity contribution is 0.0520. The molecule has 8 heteroatoms. The molecule has 0 bridgehead atoms. The van der Waals surface area contributed by atoms with E-state index in [1.807, 2.05) is 6.92 Å². The van der Waals surface area contributed by atoms with Crippen molar-refractivity contribution < 1.29 is 9.53 Å². The predicted molar refractivity (Wildman–Crippen MR) is 85.1 cm³/mol. The summed E-state index contributed by atoms with van der Waals surface area (Å²) in [6.07, 6.45) is 2.20. The Morgan fingerprint density at radius 2 is 2.36 bits per heavy atom. The van der Waals surface area contributed by atoms with Gasteiger partial charge in [-0.2, -0.15) is 0 Å². The summed E-state index contributed by atoms with van der Waals surface area (Å²) < 4.78 is 5.00. The van der Waals surface area contributed by atoms with Crippen molar-refractivity contribution in [3.8, 4) is 0 Å². The molecule has 0 unspecified atom stereocenters. The Labute approximate surface area is 137 Å². The van der Waals surface area contributed by atoms with Crippen molar-refractivity contribution in [2.75, 3.05) is 13.2 Å². The van der Waals surface area contributed by atoms with Crippen LogP contribution in [0.1, 0.15) is 51.3 Å². The molecular formula is C14H18N4O2S2. The maximum atomic E-state index is 11.7. The minimum atomic E-state index is -0.339. The van der Waals surface area contributed by atoms with Gasteiger partial charge >= 0.3 is 5.97 Å². The number of aryl methyl sites for hydroxylation is 1. The highest BCUT2D eigenvalue weighted by molar-refractivity contribution is 7.11. The Balaban J connectivity index is 1.71. The minimum absolute atomic E-state index is 0.261. The summed E-state index contributed by atoms with van der Waals surface area (Å²) in [5.74, 6) is -0.339. The van der Waals surface area contributed by atoms with E-state index in [0.717, 1.165) is 41.0 Å². The molecule has 0 aromatic carbocycles. The molecule has 1 aliphatic rings. The molecule has 3 heterocycles. The van der Waals surface area contributed by atoms with Crippen LogP contribution in [0.2, 0.25) is 0 Å². The first-order chi connectivity index (χ1) is 10.7. The average Bonchev–Trinajstić information content (AvgIpc) is 3.20. The van der Waals surface area contributed by atoms with Gasteiger partial charge in [0.25, 0.3) is 0 Å². The number of esters is 1. The fourth-order valence-corrected chi connectivity index (χ4v) is 4.30. The first-order valence-electron chi connectivity index (χ1n) is 7.33. The molecule has 0 radical (unpaired) electrons. The van der Waals surface area contributed by atoms with E-state index in [-0.39, 0.29) is 12.0 Å². The van der Waals surface area contributed by atoms with E-state index in [1.54, 1.807) is 23.6 Å². The molecular weight excluding hydrogens is 320 g/mol. The molecule has 0 aliphatic carbocycles. The van der Waals surface area contributed by atoms with Crippen LogP contribution in [-0.2, 0) is 11.3 Å². The van der Waals surface area contributed by atoms with Crippen molar-refractivity contribution in [2.24, 2.45) is 0 Å². The molecule has 1 aliphatic heterocycles. The van der Waals surface area contributed by atoms with Crippen LogP contribution in [-0.4, -0.2) is 39.2 Å². The van der Waals surface area contributed by atoms with Gasteiger partial charge in [-0.05, 0) is 33.2 Å². The summed E-state index contributed by atoms with van der Waals surface area (Å²) in [4.78, 5) is 18.6. The average molecular weight is 338 g/mol. The maximum Gasteiger partial charge on any atom is 0.357 e. The van der Waals surface area contributed by atoms with Crippen LogP contribution in [0.25, 0.3) is 0 Å². The van der Waals surface area contributed by atoms with Crippen molar-refractivity contribution in [1.29, 1.82) is 0 Å². The van der Waals surface area contributed by atoms with Gasteiger partial charge in [0.15, 0.2) is 5.69 Å². The third kappa shape index (κ3) is 3.34. The van der Waals surface area contributed by atoms with Crippen LogP contribution in [0, 0.1) is 6.92 Å². The number of hydrogen-bond acceptors (Lipinski definition) is 8. The Morgan fingerprint density at radius 3 is 3.09 bits per heavy atom. The van der Waals surface area contributed by atoms with Gasteiger partial charge in [-0.25, -0.2) is 9.78 Å². The molecule has 3 rings (SSSR count). The lowest BCUT2D eigenvalue weighted by Crippen LogP contribution is -2.22. The third-order valence-corrected chi connectivity index (χ3v) is 5.33. The SMILES string of the molecule is CCOC(=O)c1csc([C@H]2CCCN2Cc2nnc(C)s2)n1. The van der Waals surface area contributed by atoms with Gasteiger partial charge in [-0.3, -0.25) is 4.90 Å². The monoisotopic (exact) mass is 338 g/mol. The molecule has 1 saturated heterocycles. The number of thiazole rings is 1. The number of carbonyl (C=O) groups excluding carboxylic acids is 1. The van der Waals surface area contributed by atoms with E-state index in [9.17, 15) is 4.79 Å². The second-order valence-corrected chi connectivity index (χ2v) is 7.29. The van der Waals surface area contributed by atoms with Crippen molar-refractivity contribution in [1.82, 2.24) is 20.1 Å². The maximum absolute atomic E-state index is 11.7. The normalized spacial score (nSPS) is 18.7. The molecule has 2 aromatic heterocycles. The zero-order valence-corrected chi connectivity index (χ0v) is 14.2. The van der Waals surface area contributed by atoms with Crippen molar-refractivity contribution >= 4 is 28.6 Å². The largest absolute Gasteiger partial charge is 0.461 e. The van der Waals surface area contributed by atoms with E-state index in [4.69, 9.17) is 4.74 Å². The van der Waals surface area contributed by atoms with Crippen LogP contribution in [0.15, 0.2) is 5.38 Å². The van der Waals surface area contributed by atoms with Crippen LogP contribution in [0.3, 0.4) is 0 Å². The van der Waals surface area contributed by atoms with Gasteiger partial charge in [0.05, 0.1) is 19.2 Å². The molecule has 0 amide bonds. The molecule has 0 N–H and O–H groups in total. The number of carbonyl (C=O) groups is 1. The van der Waals surface area contributed by atoms with Gasteiger partial charge < -0.3 is 4.74 Å². The summed E-state index contributed by atoms with van der Waals surface area (Å²) in [6.45, 7) is 5.96. The molecule has 6 nitrogen and oxygen atoms in total. The molecule has 1 atom stereocenters. The fraction of sp³-hybridized carbons (Fsp3) is 0.571. The first kappa shape index (κ1) is 15.5. The number of aromatic nitrogens is 3. The molecule has 0 saturated carbocycles. The number of nitrogens with zero attached hydrogens (tertiary/aromatic N) is 4. The van der Waals surface area contributed by atoms with Crippen LogP contribution < -0.4 is 0 Å². The molecule has 118 valence electrons. The van der Waals surface area contributed by atoms with Crippen molar-refractivity contribution in [3.05, 3.63) is 26.1 Å². The van der Waals surface area contributed by atoms with E-state index in [0.29, 0.717) is 12.3 Å². The van der Waals surface area contributed by atoms with Gasteiger partial charge in [0.1, 0.15) is 15.0 Å². The zero-order chi connectivity index (χ0) is 15.5. The Kier molecular flexibility index (Phi) is 4.80. The van der Waals surface area contributed by atoms with Crippen molar-refractivity contribution in [2.45, 2.75) is 39.3 Å². The van der Waals surface area contributed by atoms with E-state index >= 15 is 0 Å². The van der Waals surface area contributed by atoms with E-state index < -0.39 is 0 Å². The van der Waals surface area contributed by atoms with Gasteiger partial charge in [-0.1, -0.05) is 0 Å². The van der Waals surface area contributed by atoms with Gasteiger partial charge in [0.2, 0.25) is 0 Å². The summed E-state index contributed by atoms with van der Waals surface area (Å²) in [5.41, 5.74) is 0.417. The zero-order valence-electron chi connectivity index (χ0n) is 12.6. The number of rotatable bonds is 5. The lowest BCUT2D eigenvalue weighted by Gasteiger charge is -2.21. The Morgan fingerprint density at radius 1 is 1.50 bits per heavy atom. The molecule has 1 fully saturated rings. The summed E-state index contributed by atoms with van der Waals surface area (Å²) in [7, 11) is 0. The second kappa shape index (κ2) is 6.80. The lowest BCUT2D eigenvalue weighted by atomic mass is 10.2. The van der Waals surface area contributed by atoms with Gasteiger partial charge in [0, 0.05) is 5.38 Å². The Hall–Kier alpha value is -1.38. The van der Waals surface area contributed by atoms with E-state index in [1.165, 1.54) is 11.3 Å². The predicted octanol–water partition coefficient (Wildman–Crippen LogP) is 2.82. The highest BCUT2D eigenvalue weighted by atomic mass is 32.1. The minimum Gasteiger partial charge on any atom is -0.461 e. The number of ether oxygens (including phenoxy) is 1. The topological polar surface area (TPSA) is 68.2 Å². The van der Waals surface area contributed by atoms with Crippen LogP contribution in [0.5, 0.6) is 0 Å². The standard InChI is InChI=1S/C14H18N4O2S2/c1-3-20-14(19)10-8-21-13(15-10)11-5-4-6-18(11)7-12-17-16-9(2)22-12/h8,11H,3-7H2,1-2H3/t11-/m1/s1. The van der Waals surface area contributed by atoms with Crippen molar-refractivity contribution in [3.63, 3.8) is 0 Å². The number of hydrogen-bond donors (Lipinski definition) is 0. The summed E-state index contributed by atoms with van der Waals surface area (Å²) in [6, 6.07) is 0.261. The van der Waals surface area contributed by atoms with Gasteiger partial charge in [-0.15, -0.1) is 32.9 Å². The van der Waals surface area contributed by atoms with E-state index in [2.05, 4.69) is 20.1 Å². The summed E-state index contributed by atoms with van der Waals surface area (Å²) >= 11 is 3.17. The smallest absolute Gasteiger partial charge is 0.357 e. The van der Waals surface area contributed by atoms with Crippen LogP contribution >= 0.6 is 22.7 Å². The van der Waals surface area contributed by atoms with Crippen LogP contribution in [0.4, 0.5) is 0 Å².